The molecule has 1 fully saturated rings. The molecule has 0 aromatic rings. The highest BCUT2D eigenvalue weighted by Gasteiger charge is 2.24. The van der Waals surface area contributed by atoms with E-state index in [2.05, 4.69) is 18.7 Å². The van der Waals surface area contributed by atoms with Crippen molar-refractivity contribution in [3.8, 4) is 0 Å². The van der Waals surface area contributed by atoms with Gasteiger partial charge in [-0.3, -0.25) is 4.90 Å². The lowest BCUT2D eigenvalue weighted by molar-refractivity contribution is 0.136. The Labute approximate surface area is 102 Å². The van der Waals surface area contributed by atoms with Crippen molar-refractivity contribution in [2.45, 2.75) is 64.8 Å². The first kappa shape index (κ1) is 14.0. The number of rotatable bonds is 7. The van der Waals surface area contributed by atoms with Crippen LogP contribution in [-0.2, 0) is 0 Å². The highest BCUT2D eigenvalue weighted by atomic mass is 15.2. The van der Waals surface area contributed by atoms with E-state index in [-0.39, 0.29) is 0 Å². The molecular formula is C14H30N2. The quantitative estimate of drug-likeness (QED) is 0.723. The van der Waals surface area contributed by atoms with E-state index in [1.807, 2.05) is 0 Å². The molecule has 2 nitrogen and oxygen atoms in total. The molecule has 0 saturated heterocycles. The van der Waals surface area contributed by atoms with E-state index in [1.54, 1.807) is 0 Å². The van der Waals surface area contributed by atoms with E-state index < -0.39 is 0 Å². The maximum atomic E-state index is 5.72. The number of unbranched alkanes of at least 4 members (excludes halogenated alkanes) is 1. The van der Waals surface area contributed by atoms with Gasteiger partial charge in [0.05, 0.1) is 0 Å². The molecule has 0 amide bonds. The number of hydrogen-bond donors (Lipinski definition) is 1. The molecule has 0 heterocycles. The molecule has 96 valence electrons. The van der Waals surface area contributed by atoms with Crippen molar-refractivity contribution in [1.29, 1.82) is 0 Å². The summed E-state index contributed by atoms with van der Waals surface area (Å²) < 4.78 is 0. The van der Waals surface area contributed by atoms with Crippen molar-refractivity contribution in [2.75, 3.05) is 19.6 Å². The minimum atomic E-state index is 0.817. The van der Waals surface area contributed by atoms with Gasteiger partial charge in [-0.15, -0.1) is 0 Å². The van der Waals surface area contributed by atoms with Gasteiger partial charge in [0.2, 0.25) is 0 Å². The third-order valence-electron chi connectivity index (χ3n) is 4.13. The largest absolute Gasteiger partial charge is 0.329 e. The molecule has 16 heavy (non-hydrogen) atoms. The van der Waals surface area contributed by atoms with E-state index in [4.69, 9.17) is 5.73 Å². The fraction of sp³-hybridized carbons (Fsp3) is 1.00. The lowest BCUT2D eigenvalue weighted by Gasteiger charge is -2.36. The van der Waals surface area contributed by atoms with E-state index in [0.717, 1.165) is 25.0 Å². The predicted molar refractivity (Wildman–Crippen MR) is 71.6 cm³/mol. The zero-order chi connectivity index (χ0) is 11.8. The second-order valence-electron chi connectivity index (χ2n) is 5.26. The Morgan fingerprint density at radius 2 is 1.75 bits per heavy atom. The maximum absolute atomic E-state index is 5.72. The monoisotopic (exact) mass is 226 g/mol. The first-order valence-corrected chi connectivity index (χ1v) is 7.25. The molecule has 0 aromatic carbocycles. The summed E-state index contributed by atoms with van der Waals surface area (Å²) >= 11 is 0. The average molecular weight is 226 g/mol. The number of nitrogens with zero attached hydrogens (tertiary/aromatic N) is 1. The predicted octanol–water partition coefficient (Wildman–Crippen LogP) is 3.02. The molecule has 1 aliphatic carbocycles. The van der Waals surface area contributed by atoms with Crippen molar-refractivity contribution >= 4 is 0 Å². The van der Waals surface area contributed by atoms with Gasteiger partial charge in [-0.05, 0) is 44.6 Å². The molecule has 0 aliphatic heterocycles. The number of nitrogens with two attached hydrogens (primary N) is 1. The van der Waals surface area contributed by atoms with Gasteiger partial charge in [0.1, 0.15) is 0 Å². The SMILES string of the molecule is CCCCN(CCN)C1CCC(CC)CC1. The third-order valence-corrected chi connectivity index (χ3v) is 4.13. The van der Waals surface area contributed by atoms with Crippen LogP contribution in [0.1, 0.15) is 58.8 Å². The zero-order valence-electron chi connectivity index (χ0n) is 11.3. The first-order chi connectivity index (χ1) is 7.81. The van der Waals surface area contributed by atoms with E-state index in [0.29, 0.717) is 0 Å². The van der Waals surface area contributed by atoms with Gasteiger partial charge in [0.15, 0.2) is 0 Å². The molecular weight excluding hydrogens is 196 g/mol. The first-order valence-electron chi connectivity index (χ1n) is 7.25. The van der Waals surface area contributed by atoms with Crippen LogP contribution >= 0.6 is 0 Å². The van der Waals surface area contributed by atoms with Crippen LogP contribution in [0.25, 0.3) is 0 Å². The molecule has 0 spiro atoms. The summed E-state index contributed by atoms with van der Waals surface area (Å²) in [6, 6.07) is 0.831. The molecule has 1 rings (SSSR count). The smallest absolute Gasteiger partial charge is 0.0108 e. The minimum absolute atomic E-state index is 0.817. The molecule has 1 aliphatic rings. The maximum Gasteiger partial charge on any atom is 0.0108 e. The van der Waals surface area contributed by atoms with Crippen LogP contribution in [0.5, 0.6) is 0 Å². The highest BCUT2D eigenvalue weighted by Crippen LogP contribution is 2.29. The molecule has 2 N–H and O–H groups in total. The van der Waals surface area contributed by atoms with Crippen LogP contribution in [0.3, 0.4) is 0 Å². The van der Waals surface area contributed by atoms with Crippen LogP contribution in [0, 0.1) is 5.92 Å². The lowest BCUT2D eigenvalue weighted by atomic mass is 9.84. The molecule has 0 unspecified atom stereocenters. The van der Waals surface area contributed by atoms with Crippen molar-refractivity contribution < 1.29 is 0 Å². The van der Waals surface area contributed by atoms with E-state index in [1.165, 1.54) is 51.5 Å². The highest BCUT2D eigenvalue weighted by molar-refractivity contribution is 4.79. The topological polar surface area (TPSA) is 29.3 Å². The third kappa shape index (κ3) is 4.42. The summed E-state index contributed by atoms with van der Waals surface area (Å²) in [5.74, 6) is 1.00. The Balaban J connectivity index is 2.33. The van der Waals surface area contributed by atoms with Gasteiger partial charge >= 0.3 is 0 Å². The average Bonchev–Trinajstić information content (AvgIpc) is 2.35. The Bertz CT molecular complexity index is 162. The van der Waals surface area contributed by atoms with E-state index in [9.17, 15) is 0 Å². The lowest BCUT2D eigenvalue weighted by Crippen LogP contribution is -2.41. The van der Waals surface area contributed by atoms with Crippen LogP contribution in [0.4, 0.5) is 0 Å². The molecule has 0 atom stereocenters. The fourth-order valence-corrected chi connectivity index (χ4v) is 2.92. The molecule has 0 bridgehead atoms. The van der Waals surface area contributed by atoms with Crippen molar-refractivity contribution in [1.82, 2.24) is 4.90 Å². The second kappa shape index (κ2) is 8.08. The van der Waals surface area contributed by atoms with Crippen LogP contribution < -0.4 is 5.73 Å². The van der Waals surface area contributed by atoms with Crippen LogP contribution in [-0.4, -0.2) is 30.6 Å². The summed E-state index contributed by atoms with van der Waals surface area (Å²) in [4.78, 5) is 2.65. The summed E-state index contributed by atoms with van der Waals surface area (Å²) in [6.45, 7) is 7.78. The summed E-state index contributed by atoms with van der Waals surface area (Å²) in [6.07, 6.45) is 9.69. The van der Waals surface area contributed by atoms with Gasteiger partial charge in [0.25, 0.3) is 0 Å². The Morgan fingerprint density at radius 1 is 1.06 bits per heavy atom. The van der Waals surface area contributed by atoms with Gasteiger partial charge in [-0.25, -0.2) is 0 Å². The minimum Gasteiger partial charge on any atom is -0.329 e. The molecule has 0 aromatic heterocycles. The Kier molecular flexibility index (Phi) is 7.06. The molecule has 1 saturated carbocycles. The Morgan fingerprint density at radius 3 is 2.25 bits per heavy atom. The molecule has 0 radical (unpaired) electrons. The summed E-state index contributed by atoms with van der Waals surface area (Å²) in [5, 5.41) is 0. The standard InChI is InChI=1S/C14H30N2/c1-3-5-11-16(12-10-15)14-8-6-13(4-2)7-9-14/h13-14H,3-12,15H2,1-2H3. The fourth-order valence-electron chi connectivity index (χ4n) is 2.92. The van der Waals surface area contributed by atoms with Gasteiger partial charge in [0, 0.05) is 19.1 Å². The number of hydrogen-bond acceptors (Lipinski definition) is 2. The van der Waals surface area contributed by atoms with Crippen molar-refractivity contribution in [2.24, 2.45) is 11.7 Å². The summed E-state index contributed by atoms with van der Waals surface area (Å²) in [5.41, 5.74) is 5.72. The van der Waals surface area contributed by atoms with Crippen molar-refractivity contribution in [3.63, 3.8) is 0 Å². The molecule has 2 heteroatoms. The van der Waals surface area contributed by atoms with Gasteiger partial charge in [-0.1, -0.05) is 26.7 Å². The van der Waals surface area contributed by atoms with E-state index >= 15 is 0 Å². The van der Waals surface area contributed by atoms with Crippen LogP contribution in [0.2, 0.25) is 0 Å². The normalized spacial score (nSPS) is 26.2. The van der Waals surface area contributed by atoms with Gasteiger partial charge < -0.3 is 5.73 Å². The second-order valence-corrected chi connectivity index (χ2v) is 5.26. The zero-order valence-corrected chi connectivity index (χ0v) is 11.3. The van der Waals surface area contributed by atoms with Crippen LogP contribution in [0.15, 0.2) is 0 Å². The van der Waals surface area contributed by atoms with Crippen molar-refractivity contribution in [3.05, 3.63) is 0 Å². The summed E-state index contributed by atoms with van der Waals surface area (Å²) in [7, 11) is 0. The van der Waals surface area contributed by atoms with Gasteiger partial charge in [-0.2, -0.15) is 0 Å². The Hall–Kier alpha value is -0.0800.